The zero-order valence-electron chi connectivity index (χ0n) is 18.2. The molecule has 1 aliphatic heterocycles. The van der Waals surface area contributed by atoms with Crippen molar-refractivity contribution in [3.63, 3.8) is 0 Å². The van der Waals surface area contributed by atoms with E-state index in [-0.39, 0.29) is 41.6 Å². The van der Waals surface area contributed by atoms with Crippen LogP contribution in [0.15, 0.2) is 73.3 Å². The molecule has 0 unspecified atom stereocenters. The first-order valence-electron chi connectivity index (χ1n) is 10.3. The van der Waals surface area contributed by atoms with Crippen molar-refractivity contribution < 1.29 is 34.1 Å². The molecular formula is C25H27NO7. The average Bonchev–Trinajstić information content (AvgIpc) is 2.84. The van der Waals surface area contributed by atoms with Crippen LogP contribution in [0.4, 0.5) is 0 Å². The molecule has 0 atom stereocenters. The summed E-state index contributed by atoms with van der Waals surface area (Å²) in [7, 11) is 0. The number of carbonyl (C=O) groups excluding carboxylic acids is 2. The van der Waals surface area contributed by atoms with Crippen molar-refractivity contribution in [2.24, 2.45) is 0 Å². The SMILES string of the molecule is C=C(CCOc1ccc(C(=O)c2ccccc2)c(O)c1)C(=O)O.C=CC(=O)N1CCOCC1. The summed E-state index contributed by atoms with van der Waals surface area (Å²) in [6.45, 7) is 9.63. The standard InChI is InChI=1S/C18H16O5.C7H11NO2/c1-12(18(21)22)9-10-23-14-7-8-15(16(19)11-14)17(20)13-5-3-2-4-6-13;1-2-7(9)8-3-5-10-6-4-8/h2-8,11,19H,1,9-10H2,(H,21,22);2H,1,3-6H2. The number of carboxylic acid groups (broad SMARTS) is 1. The molecule has 1 heterocycles. The van der Waals surface area contributed by atoms with Crippen molar-refractivity contribution in [1.82, 2.24) is 4.90 Å². The monoisotopic (exact) mass is 453 g/mol. The van der Waals surface area contributed by atoms with Gasteiger partial charge in [0.25, 0.3) is 0 Å². The summed E-state index contributed by atoms with van der Waals surface area (Å²) in [5.41, 5.74) is 0.706. The predicted molar refractivity (Wildman–Crippen MR) is 122 cm³/mol. The lowest BCUT2D eigenvalue weighted by molar-refractivity contribution is -0.133. The van der Waals surface area contributed by atoms with Gasteiger partial charge in [-0.25, -0.2) is 4.79 Å². The third kappa shape index (κ3) is 7.93. The highest BCUT2D eigenvalue weighted by atomic mass is 16.5. The number of benzene rings is 2. The number of phenols is 1. The number of carbonyl (C=O) groups is 3. The summed E-state index contributed by atoms with van der Waals surface area (Å²) >= 11 is 0. The maximum atomic E-state index is 12.3. The van der Waals surface area contributed by atoms with Crippen LogP contribution in [0.1, 0.15) is 22.3 Å². The fraction of sp³-hybridized carbons (Fsp3) is 0.240. The van der Waals surface area contributed by atoms with Crippen LogP contribution in [-0.4, -0.2) is 65.7 Å². The third-order valence-electron chi connectivity index (χ3n) is 4.72. The zero-order valence-corrected chi connectivity index (χ0v) is 18.2. The fourth-order valence-corrected chi connectivity index (χ4v) is 2.85. The maximum Gasteiger partial charge on any atom is 0.331 e. The van der Waals surface area contributed by atoms with E-state index in [0.29, 0.717) is 37.6 Å². The number of aromatic hydroxyl groups is 1. The number of aliphatic carboxylic acids is 1. The summed E-state index contributed by atoms with van der Waals surface area (Å²) in [5.74, 6) is -1.18. The molecule has 2 aromatic carbocycles. The molecular weight excluding hydrogens is 426 g/mol. The Morgan fingerprint density at radius 2 is 1.76 bits per heavy atom. The largest absolute Gasteiger partial charge is 0.507 e. The van der Waals surface area contributed by atoms with Crippen LogP contribution in [0.3, 0.4) is 0 Å². The summed E-state index contributed by atoms with van der Waals surface area (Å²) < 4.78 is 10.4. The number of rotatable bonds is 8. The van der Waals surface area contributed by atoms with E-state index in [1.54, 1.807) is 41.3 Å². The second-order valence-electron chi connectivity index (χ2n) is 7.02. The van der Waals surface area contributed by atoms with Gasteiger partial charge in [-0.3, -0.25) is 9.59 Å². The van der Waals surface area contributed by atoms with Crippen LogP contribution in [0.5, 0.6) is 11.5 Å². The Morgan fingerprint density at radius 1 is 1.09 bits per heavy atom. The Hall–Kier alpha value is -3.91. The molecule has 174 valence electrons. The molecule has 1 amide bonds. The smallest absolute Gasteiger partial charge is 0.331 e. The van der Waals surface area contributed by atoms with Crippen molar-refractivity contribution in [1.29, 1.82) is 0 Å². The summed E-state index contributed by atoms with van der Waals surface area (Å²) in [6.07, 6.45) is 1.51. The number of hydrogen-bond acceptors (Lipinski definition) is 6. The summed E-state index contributed by atoms with van der Waals surface area (Å²) in [6, 6.07) is 13.0. The molecule has 2 aromatic rings. The number of ether oxygens (including phenoxy) is 2. The van der Waals surface area contributed by atoms with Crippen molar-refractivity contribution in [3.8, 4) is 11.5 Å². The van der Waals surface area contributed by atoms with Gasteiger partial charge in [0.15, 0.2) is 5.78 Å². The lowest BCUT2D eigenvalue weighted by Gasteiger charge is -2.25. The number of hydrogen-bond donors (Lipinski definition) is 2. The van der Waals surface area contributed by atoms with Crippen LogP contribution >= 0.6 is 0 Å². The van der Waals surface area contributed by atoms with Gasteiger partial charge in [-0.1, -0.05) is 43.5 Å². The summed E-state index contributed by atoms with van der Waals surface area (Å²) in [5, 5.41) is 18.7. The molecule has 2 N–H and O–H groups in total. The number of phenolic OH excluding ortho intramolecular Hbond substituents is 1. The van der Waals surface area contributed by atoms with Crippen LogP contribution in [0.25, 0.3) is 0 Å². The Kier molecular flexibility index (Phi) is 9.85. The van der Waals surface area contributed by atoms with E-state index in [2.05, 4.69) is 13.2 Å². The Morgan fingerprint density at radius 3 is 2.33 bits per heavy atom. The minimum atomic E-state index is -1.07. The van der Waals surface area contributed by atoms with E-state index in [0.717, 1.165) is 0 Å². The molecule has 0 saturated carbocycles. The predicted octanol–water partition coefficient (Wildman–Crippen LogP) is 3.06. The van der Waals surface area contributed by atoms with E-state index in [1.165, 1.54) is 18.2 Å². The molecule has 1 saturated heterocycles. The Labute approximate surface area is 192 Å². The number of carboxylic acids is 1. The van der Waals surface area contributed by atoms with E-state index >= 15 is 0 Å². The molecule has 8 nitrogen and oxygen atoms in total. The van der Waals surface area contributed by atoms with E-state index < -0.39 is 5.97 Å². The molecule has 8 heteroatoms. The zero-order chi connectivity index (χ0) is 24.2. The van der Waals surface area contributed by atoms with E-state index in [9.17, 15) is 19.5 Å². The van der Waals surface area contributed by atoms with E-state index in [4.69, 9.17) is 14.6 Å². The normalized spacial score (nSPS) is 12.7. The minimum absolute atomic E-state index is 0.00306. The molecule has 0 aliphatic carbocycles. The van der Waals surface area contributed by atoms with Gasteiger partial charge in [-0.15, -0.1) is 0 Å². The maximum absolute atomic E-state index is 12.3. The molecule has 3 rings (SSSR count). The highest BCUT2D eigenvalue weighted by molar-refractivity contribution is 6.10. The van der Waals surface area contributed by atoms with Gasteiger partial charge < -0.3 is 24.6 Å². The average molecular weight is 453 g/mol. The van der Waals surface area contributed by atoms with Crippen molar-refractivity contribution in [2.45, 2.75) is 6.42 Å². The van der Waals surface area contributed by atoms with Gasteiger partial charge in [0.05, 0.1) is 25.4 Å². The molecule has 0 aromatic heterocycles. The number of ketones is 1. The third-order valence-corrected chi connectivity index (χ3v) is 4.72. The van der Waals surface area contributed by atoms with Gasteiger partial charge in [0, 0.05) is 36.7 Å². The molecule has 0 bridgehead atoms. The molecule has 1 fully saturated rings. The molecule has 0 radical (unpaired) electrons. The van der Waals surface area contributed by atoms with Gasteiger partial charge in [0.2, 0.25) is 5.91 Å². The van der Waals surface area contributed by atoms with Crippen molar-refractivity contribution >= 4 is 17.7 Å². The van der Waals surface area contributed by atoms with Gasteiger partial charge >= 0.3 is 5.97 Å². The first kappa shape index (κ1) is 25.4. The van der Waals surface area contributed by atoms with Crippen LogP contribution in [-0.2, 0) is 14.3 Å². The first-order chi connectivity index (χ1) is 15.8. The van der Waals surface area contributed by atoms with Crippen molar-refractivity contribution in [3.05, 3.63) is 84.5 Å². The summed E-state index contributed by atoms with van der Waals surface area (Å²) in [4.78, 5) is 35.5. The lowest BCUT2D eigenvalue weighted by Crippen LogP contribution is -2.39. The van der Waals surface area contributed by atoms with Crippen LogP contribution in [0.2, 0.25) is 0 Å². The van der Waals surface area contributed by atoms with Gasteiger partial charge in [0.1, 0.15) is 11.5 Å². The quantitative estimate of drug-likeness (QED) is 0.466. The lowest BCUT2D eigenvalue weighted by atomic mass is 10.0. The molecule has 0 spiro atoms. The van der Waals surface area contributed by atoms with E-state index in [1.807, 2.05) is 0 Å². The number of morpholine rings is 1. The molecule has 33 heavy (non-hydrogen) atoms. The molecule has 1 aliphatic rings. The van der Waals surface area contributed by atoms with Crippen molar-refractivity contribution in [2.75, 3.05) is 32.9 Å². The van der Waals surface area contributed by atoms with Gasteiger partial charge in [-0.05, 0) is 18.2 Å². The highest BCUT2D eigenvalue weighted by Gasteiger charge is 2.14. The Balaban J connectivity index is 0.000000321. The second-order valence-corrected chi connectivity index (χ2v) is 7.02. The Bertz CT molecular complexity index is 995. The minimum Gasteiger partial charge on any atom is -0.507 e. The highest BCUT2D eigenvalue weighted by Crippen LogP contribution is 2.26. The van der Waals surface area contributed by atoms with Gasteiger partial charge in [-0.2, -0.15) is 0 Å². The topological polar surface area (TPSA) is 113 Å². The first-order valence-corrected chi connectivity index (χ1v) is 10.3. The fourth-order valence-electron chi connectivity index (χ4n) is 2.85. The van der Waals surface area contributed by atoms with Crippen LogP contribution in [0, 0.1) is 0 Å². The second kappa shape index (κ2) is 12.8. The number of nitrogens with zero attached hydrogens (tertiary/aromatic N) is 1. The number of amides is 1. The van der Waals surface area contributed by atoms with Crippen LogP contribution < -0.4 is 4.74 Å².